The molecule has 0 aliphatic heterocycles. The monoisotopic (exact) mass is 305 g/mol. The highest BCUT2D eigenvalue weighted by molar-refractivity contribution is 5.90. The standard InChI is InChI=1S/C18H15N3O2/c1-10-17(22)19-16-15(11(2)20-21(16)18(10)23)14-8-7-12-5-3-4-6-13(12)9-14/h3-9,23H,1-2H3,(H,19,22). The van der Waals surface area contributed by atoms with E-state index in [1.54, 1.807) is 6.92 Å². The summed E-state index contributed by atoms with van der Waals surface area (Å²) >= 11 is 0. The number of hydrogen-bond acceptors (Lipinski definition) is 3. The van der Waals surface area contributed by atoms with Crippen molar-refractivity contribution < 1.29 is 5.11 Å². The van der Waals surface area contributed by atoms with Gasteiger partial charge in [0.1, 0.15) is 5.65 Å². The molecule has 23 heavy (non-hydrogen) atoms. The Hall–Kier alpha value is -3.08. The second kappa shape index (κ2) is 4.71. The predicted octanol–water partition coefficient (Wildman–Crippen LogP) is 3.17. The lowest BCUT2D eigenvalue weighted by Crippen LogP contribution is -2.12. The summed E-state index contributed by atoms with van der Waals surface area (Å²) in [6, 6.07) is 14.2. The van der Waals surface area contributed by atoms with Gasteiger partial charge in [-0.15, -0.1) is 0 Å². The molecule has 5 heteroatoms. The molecule has 5 nitrogen and oxygen atoms in total. The summed E-state index contributed by atoms with van der Waals surface area (Å²) in [6.07, 6.45) is 0. The third-order valence-corrected chi connectivity index (χ3v) is 4.21. The molecule has 114 valence electrons. The summed E-state index contributed by atoms with van der Waals surface area (Å²) < 4.78 is 1.39. The van der Waals surface area contributed by atoms with E-state index in [9.17, 15) is 9.90 Å². The number of hydrogen-bond donors (Lipinski definition) is 2. The number of nitrogens with one attached hydrogen (secondary N) is 1. The van der Waals surface area contributed by atoms with E-state index in [0.29, 0.717) is 5.65 Å². The van der Waals surface area contributed by atoms with Gasteiger partial charge in [0.15, 0.2) is 0 Å². The van der Waals surface area contributed by atoms with Crippen LogP contribution in [-0.4, -0.2) is 19.7 Å². The normalized spacial score (nSPS) is 11.4. The minimum absolute atomic E-state index is 0.126. The average Bonchev–Trinajstić information content (AvgIpc) is 2.88. The minimum atomic E-state index is -0.308. The van der Waals surface area contributed by atoms with Gasteiger partial charge in [-0.3, -0.25) is 4.79 Å². The van der Waals surface area contributed by atoms with Crippen LogP contribution in [0, 0.1) is 13.8 Å². The van der Waals surface area contributed by atoms with Crippen molar-refractivity contribution in [2.75, 3.05) is 0 Å². The molecular weight excluding hydrogens is 290 g/mol. The lowest BCUT2D eigenvalue weighted by atomic mass is 10.0. The fraction of sp³-hybridized carbons (Fsp3) is 0.111. The Labute approximate surface area is 131 Å². The fourth-order valence-electron chi connectivity index (χ4n) is 2.95. The molecule has 2 N–H and O–H groups in total. The van der Waals surface area contributed by atoms with Crippen LogP contribution < -0.4 is 5.56 Å². The number of aromatic nitrogens is 3. The van der Waals surface area contributed by atoms with Crippen LogP contribution in [0.2, 0.25) is 0 Å². The van der Waals surface area contributed by atoms with Crippen molar-refractivity contribution in [2.24, 2.45) is 0 Å². The van der Waals surface area contributed by atoms with Crippen LogP contribution >= 0.6 is 0 Å². The van der Waals surface area contributed by atoms with Gasteiger partial charge in [0.2, 0.25) is 5.88 Å². The molecule has 0 unspecified atom stereocenters. The number of fused-ring (bicyclic) bond motifs is 2. The Balaban J connectivity index is 2.07. The van der Waals surface area contributed by atoms with Crippen LogP contribution in [-0.2, 0) is 0 Å². The molecule has 4 aromatic rings. The highest BCUT2D eigenvalue weighted by Crippen LogP contribution is 2.31. The van der Waals surface area contributed by atoms with Crippen molar-refractivity contribution in [3.8, 4) is 17.0 Å². The molecule has 0 aliphatic carbocycles. The molecule has 0 saturated heterocycles. The maximum atomic E-state index is 12.0. The van der Waals surface area contributed by atoms with E-state index in [0.717, 1.165) is 27.6 Å². The SMILES string of the molecule is Cc1nn2c(O)c(C)c(=O)[nH]c2c1-c1ccc2ccccc2c1. The summed E-state index contributed by atoms with van der Waals surface area (Å²) in [5.74, 6) is -0.126. The number of aryl methyl sites for hydroxylation is 1. The molecule has 2 heterocycles. The number of aromatic amines is 1. The van der Waals surface area contributed by atoms with E-state index in [1.807, 2.05) is 37.3 Å². The van der Waals surface area contributed by atoms with Crippen molar-refractivity contribution in [1.82, 2.24) is 14.6 Å². The van der Waals surface area contributed by atoms with E-state index in [2.05, 4.69) is 22.2 Å². The van der Waals surface area contributed by atoms with Crippen molar-refractivity contribution >= 4 is 16.4 Å². The Morgan fingerprint density at radius 2 is 1.83 bits per heavy atom. The van der Waals surface area contributed by atoms with Gasteiger partial charge in [-0.1, -0.05) is 36.4 Å². The van der Waals surface area contributed by atoms with Crippen molar-refractivity contribution in [3.63, 3.8) is 0 Å². The number of nitrogens with zero attached hydrogens (tertiary/aromatic N) is 2. The minimum Gasteiger partial charge on any atom is -0.493 e. The molecule has 0 saturated carbocycles. The summed E-state index contributed by atoms with van der Waals surface area (Å²) in [5.41, 5.74) is 2.97. The van der Waals surface area contributed by atoms with Gasteiger partial charge in [0.25, 0.3) is 5.56 Å². The quantitative estimate of drug-likeness (QED) is 0.567. The highest BCUT2D eigenvalue weighted by Gasteiger charge is 2.17. The molecule has 0 spiro atoms. The Morgan fingerprint density at radius 1 is 1.09 bits per heavy atom. The van der Waals surface area contributed by atoms with E-state index < -0.39 is 0 Å². The highest BCUT2D eigenvalue weighted by atomic mass is 16.3. The third kappa shape index (κ3) is 1.93. The van der Waals surface area contributed by atoms with Gasteiger partial charge in [-0.05, 0) is 36.2 Å². The fourth-order valence-corrected chi connectivity index (χ4v) is 2.95. The first-order valence-electron chi connectivity index (χ1n) is 7.36. The first-order chi connectivity index (χ1) is 11.1. The molecule has 0 radical (unpaired) electrons. The summed E-state index contributed by atoms with van der Waals surface area (Å²) in [7, 11) is 0. The van der Waals surface area contributed by atoms with Crippen LogP contribution in [0.25, 0.3) is 27.5 Å². The van der Waals surface area contributed by atoms with Gasteiger partial charge in [0.05, 0.1) is 11.3 Å². The number of benzene rings is 2. The molecular formula is C18H15N3O2. The lowest BCUT2D eigenvalue weighted by molar-refractivity contribution is 0.429. The Bertz CT molecular complexity index is 1120. The zero-order valence-electron chi connectivity index (χ0n) is 12.8. The molecule has 2 aromatic carbocycles. The van der Waals surface area contributed by atoms with Crippen molar-refractivity contribution in [2.45, 2.75) is 13.8 Å². The first-order valence-corrected chi connectivity index (χ1v) is 7.36. The third-order valence-electron chi connectivity index (χ3n) is 4.21. The maximum absolute atomic E-state index is 12.0. The predicted molar refractivity (Wildman–Crippen MR) is 89.9 cm³/mol. The zero-order chi connectivity index (χ0) is 16.1. The van der Waals surface area contributed by atoms with Gasteiger partial charge in [-0.25, -0.2) is 0 Å². The Kier molecular flexibility index (Phi) is 2.78. The lowest BCUT2D eigenvalue weighted by Gasteiger charge is -2.05. The average molecular weight is 305 g/mol. The first kappa shape index (κ1) is 13.6. The van der Waals surface area contributed by atoms with Crippen LogP contribution in [0.4, 0.5) is 0 Å². The van der Waals surface area contributed by atoms with Gasteiger partial charge < -0.3 is 10.1 Å². The number of H-pyrrole nitrogens is 1. The molecule has 0 atom stereocenters. The smallest absolute Gasteiger partial charge is 0.257 e. The molecule has 0 aliphatic rings. The van der Waals surface area contributed by atoms with Crippen molar-refractivity contribution in [1.29, 1.82) is 0 Å². The maximum Gasteiger partial charge on any atom is 0.257 e. The van der Waals surface area contributed by atoms with E-state index in [4.69, 9.17) is 0 Å². The zero-order valence-corrected chi connectivity index (χ0v) is 12.8. The largest absolute Gasteiger partial charge is 0.493 e. The summed E-state index contributed by atoms with van der Waals surface area (Å²) in [4.78, 5) is 14.8. The summed E-state index contributed by atoms with van der Waals surface area (Å²) in [5, 5.41) is 16.8. The van der Waals surface area contributed by atoms with E-state index in [-0.39, 0.29) is 17.0 Å². The topological polar surface area (TPSA) is 70.4 Å². The number of rotatable bonds is 1. The molecule has 0 bridgehead atoms. The van der Waals surface area contributed by atoms with Gasteiger partial charge in [-0.2, -0.15) is 9.61 Å². The summed E-state index contributed by atoms with van der Waals surface area (Å²) in [6.45, 7) is 3.44. The second-order valence-electron chi connectivity index (χ2n) is 5.69. The van der Waals surface area contributed by atoms with E-state index >= 15 is 0 Å². The molecule has 2 aromatic heterocycles. The van der Waals surface area contributed by atoms with Gasteiger partial charge in [0, 0.05) is 5.56 Å². The second-order valence-corrected chi connectivity index (χ2v) is 5.69. The van der Waals surface area contributed by atoms with Gasteiger partial charge >= 0.3 is 0 Å². The number of aromatic hydroxyl groups is 1. The molecule has 4 rings (SSSR count). The van der Waals surface area contributed by atoms with E-state index in [1.165, 1.54) is 4.52 Å². The van der Waals surface area contributed by atoms with Crippen molar-refractivity contribution in [3.05, 3.63) is 64.1 Å². The van der Waals surface area contributed by atoms with Crippen LogP contribution in [0.5, 0.6) is 5.88 Å². The van der Waals surface area contributed by atoms with Crippen LogP contribution in [0.3, 0.4) is 0 Å². The molecule has 0 fully saturated rings. The Morgan fingerprint density at radius 3 is 2.61 bits per heavy atom. The van der Waals surface area contributed by atoms with Crippen LogP contribution in [0.1, 0.15) is 11.3 Å². The van der Waals surface area contributed by atoms with Crippen LogP contribution in [0.15, 0.2) is 47.3 Å². The molecule has 0 amide bonds.